The third kappa shape index (κ3) is 2.47. The molecule has 0 spiro atoms. The van der Waals surface area contributed by atoms with E-state index in [1.54, 1.807) is 0 Å². The third-order valence-electron chi connectivity index (χ3n) is 4.95. The first kappa shape index (κ1) is 14.2. The number of benzene rings is 2. The summed E-state index contributed by atoms with van der Waals surface area (Å²) in [7, 11) is 0. The maximum Gasteiger partial charge on any atom is 0.171 e. The fourth-order valence-corrected chi connectivity index (χ4v) is 3.72. The van der Waals surface area contributed by atoms with Crippen molar-refractivity contribution in [2.24, 2.45) is 5.41 Å². The number of H-pyrrole nitrogens is 1. The molecule has 1 atom stereocenters. The monoisotopic (exact) mass is 304 g/mol. The van der Waals surface area contributed by atoms with E-state index in [-0.39, 0.29) is 11.2 Å². The van der Waals surface area contributed by atoms with Crippen molar-refractivity contribution in [3.8, 4) is 0 Å². The quantitative estimate of drug-likeness (QED) is 0.724. The highest BCUT2D eigenvalue weighted by Gasteiger charge is 2.41. The van der Waals surface area contributed by atoms with Crippen LogP contribution in [0, 0.1) is 5.41 Å². The number of aromatic amines is 1. The number of carbonyl (C=O) groups excluding carboxylic acids is 1. The molecule has 1 saturated heterocycles. The van der Waals surface area contributed by atoms with Crippen LogP contribution >= 0.6 is 0 Å². The Morgan fingerprint density at radius 3 is 2.70 bits per heavy atom. The number of ketones is 1. The van der Waals surface area contributed by atoms with Crippen molar-refractivity contribution in [2.75, 3.05) is 13.1 Å². The minimum absolute atomic E-state index is 0.261. The van der Waals surface area contributed by atoms with Crippen LogP contribution in [0.25, 0.3) is 10.9 Å². The standard InChI is InChI=1S/C20H20N2O/c23-19(17-7-4-8-18-16(17)9-11-22-18)20(10-12-21-14-20)13-15-5-2-1-3-6-15/h1-9,11,21-22H,10,12-14H2. The van der Waals surface area contributed by atoms with Gasteiger partial charge in [0, 0.05) is 29.2 Å². The molecule has 4 rings (SSSR count). The van der Waals surface area contributed by atoms with Crippen molar-refractivity contribution in [3.63, 3.8) is 0 Å². The Hall–Kier alpha value is -2.39. The molecular weight excluding hydrogens is 284 g/mol. The third-order valence-corrected chi connectivity index (χ3v) is 4.95. The minimum atomic E-state index is -0.340. The zero-order valence-corrected chi connectivity index (χ0v) is 13.0. The van der Waals surface area contributed by atoms with Crippen LogP contribution in [0.15, 0.2) is 60.8 Å². The highest BCUT2D eigenvalue weighted by atomic mass is 16.1. The van der Waals surface area contributed by atoms with Crippen LogP contribution < -0.4 is 5.32 Å². The molecule has 2 N–H and O–H groups in total. The van der Waals surface area contributed by atoms with Gasteiger partial charge in [-0.05, 0) is 37.1 Å². The van der Waals surface area contributed by atoms with Crippen LogP contribution in [0.3, 0.4) is 0 Å². The van der Waals surface area contributed by atoms with Crippen LogP contribution in [0.2, 0.25) is 0 Å². The topological polar surface area (TPSA) is 44.9 Å². The summed E-state index contributed by atoms with van der Waals surface area (Å²) in [6.45, 7) is 1.66. The van der Waals surface area contributed by atoms with Crippen molar-refractivity contribution < 1.29 is 4.79 Å². The molecule has 3 heteroatoms. The normalized spacial score (nSPS) is 20.9. The van der Waals surface area contributed by atoms with E-state index >= 15 is 0 Å². The Kier molecular flexibility index (Phi) is 3.50. The van der Waals surface area contributed by atoms with Gasteiger partial charge in [0.1, 0.15) is 0 Å². The van der Waals surface area contributed by atoms with Gasteiger partial charge in [-0.2, -0.15) is 0 Å². The van der Waals surface area contributed by atoms with Gasteiger partial charge in [-0.3, -0.25) is 4.79 Å². The van der Waals surface area contributed by atoms with Gasteiger partial charge in [0.2, 0.25) is 0 Å². The molecule has 23 heavy (non-hydrogen) atoms. The van der Waals surface area contributed by atoms with Gasteiger partial charge < -0.3 is 10.3 Å². The van der Waals surface area contributed by atoms with E-state index in [2.05, 4.69) is 22.4 Å². The first-order chi connectivity index (χ1) is 11.3. The molecule has 116 valence electrons. The lowest BCUT2D eigenvalue weighted by Gasteiger charge is -2.27. The first-order valence-electron chi connectivity index (χ1n) is 8.14. The molecule has 0 bridgehead atoms. The van der Waals surface area contributed by atoms with Crippen LogP contribution in [-0.2, 0) is 6.42 Å². The van der Waals surface area contributed by atoms with Crippen molar-refractivity contribution in [2.45, 2.75) is 12.8 Å². The Balaban J connectivity index is 1.75. The van der Waals surface area contributed by atoms with Gasteiger partial charge in [0.25, 0.3) is 0 Å². The van der Waals surface area contributed by atoms with E-state index in [1.807, 2.05) is 48.7 Å². The van der Waals surface area contributed by atoms with E-state index < -0.39 is 0 Å². The highest BCUT2D eigenvalue weighted by molar-refractivity contribution is 6.10. The molecule has 2 heterocycles. The number of fused-ring (bicyclic) bond motifs is 1. The van der Waals surface area contributed by atoms with Gasteiger partial charge >= 0.3 is 0 Å². The Morgan fingerprint density at radius 2 is 1.91 bits per heavy atom. The summed E-state index contributed by atoms with van der Waals surface area (Å²) in [5.41, 5.74) is 2.75. The molecular formula is C20H20N2O. The predicted octanol–water partition coefficient (Wildman–Crippen LogP) is 3.57. The van der Waals surface area contributed by atoms with Crippen molar-refractivity contribution in [1.29, 1.82) is 0 Å². The second kappa shape index (κ2) is 5.67. The molecule has 3 nitrogen and oxygen atoms in total. The predicted molar refractivity (Wildman–Crippen MR) is 92.7 cm³/mol. The summed E-state index contributed by atoms with van der Waals surface area (Å²) in [5, 5.41) is 4.42. The Labute approximate surface area is 135 Å². The average Bonchev–Trinajstić information content (AvgIpc) is 3.24. The average molecular weight is 304 g/mol. The fourth-order valence-electron chi connectivity index (χ4n) is 3.72. The Bertz CT molecular complexity index is 829. The molecule has 1 aromatic heterocycles. The smallest absolute Gasteiger partial charge is 0.171 e. The molecule has 0 saturated carbocycles. The summed E-state index contributed by atoms with van der Waals surface area (Å²) >= 11 is 0. The lowest BCUT2D eigenvalue weighted by molar-refractivity contribution is 0.0818. The van der Waals surface area contributed by atoms with Crippen molar-refractivity contribution in [1.82, 2.24) is 10.3 Å². The molecule has 0 amide bonds. The maximum atomic E-state index is 13.4. The molecule has 3 aromatic rings. The number of hydrogen-bond acceptors (Lipinski definition) is 2. The molecule has 0 radical (unpaired) electrons. The van der Waals surface area contributed by atoms with E-state index in [4.69, 9.17) is 0 Å². The molecule has 1 aliphatic heterocycles. The summed E-state index contributed by atoms with van der Waals surface area (Å²) in [6.07, 6.45) is 3.58. The van der Waals surface area contributed by atoms with Gasteiger partial charge in [0.05, 0.1) is 5.41 Å². The van der Waals surface area contributed by atoms with E-state index in [0.29, 0.717) is 0 Å². The van der Waals surface area contributed by atoms with E-state index in [9.17, 15) is 4.79 Å². The van der Waals surface area contributed by atoms with Gasteiger partial charge in [-0.1, -0.05) is 42.5 Å². The number of carbonyl (C=O) groups is 1. The van der Waals surface area contributed by atoms with Crippen LogP contribution in [-0.4, -0.2) is 23.9 Å². The van der Waals surface area contributed by atoms with Crippen LogP contribution in [0.1, 0.15) is 22.3 Å². The molecule has 0 aliphatic carbocycles. The second-order valence-electron chi connectivity index (χ2n) is 6.44. The van der Waals surface area contributed by atoms with Gasteiger partial charge in [-0.15, -0.1) is 0 Å². The number of aromatic nitrogens is 1. The minimum Gasteiger partial charge on any atom is -0.361 e. The summed E-state index contributed by atoms with van der Waals surface area (Å²) in [5.74, 6) is 0.261. The van der Waals surface area contributed by atoms with Gasteiger partial charge in [0.15, 0.2) is 5.78 Å². The summed E-state index contributed by atoms with van der Waals surface area (Å²) in [4.78, 5) is 16.6. The number of Topliss-reactive ketones (excluding diaryl/α,β-unsaturated/α-hetero) is 1. The van der Waals surface area contributed by atoms with E-state index in [1.165, 1.54) is 5.56 Å². The van der Waals surface area contributed by atoms with Crippen molar-refractivity contribution >= 4 is 16.7 Å². The fraction of sp³-hybridized carbons (Fsp3) is 0.250. The molecule has 1 unspecified atom stereocenters. The molecule has 1 aliphatic rings. The first-order valence-corrected chi connectivity index (χ1v) is 8.14. The maximum absolute atomic E-state index is 13.4. The molecule has 2 aromatic carbocycles. The largest absolute Gasteiger partial charge is 0.361 e. The number of nitrogens with one attached hydrogen (secondary N) is 2. The number of rotatable bonds is 4. The van der Waals surface area contributed by atoms with Crippen LogP contribution in [0.4, 0.5) is 0 Å². The Morgan fingerprint density at radius 1 is 1.04 bits per heavy atom. The zero-order valence-electron chi connectivity index (χ0n) is 13.0. The highest BCUT2D eigenvalue weighted by Crippen LogP contribution is 2.35. The summed E-state index contributed by atoms with van der Waals surface area (Å²) in [6, 6.07) is 18.3. The van der Waals surface area contributed by atoms with Gasteiger partial charge in [-0.25, -0.2) is 0 Å². The van der Waals surface area contributed by atoms with Crippen molar-refractivity contribution in [3.05, 3.63) is 71.9 Å². The summed E-state index contributed by atoms with van der Waals surface area (Å²) < 4.78 is 0. The zero-order chi connectivity index (χ0) is 15.7. The van der Waals surface area contributed by atoms with E-state index in [0.717, 1.165) is 42.4 Å². The lowest BCUT2D eigenvalue weighted by atomic mass is 9.74. The molecule has 1 fully saturated rings. The number of hydrogen-bond donors (Lipinski definition) is 2. The SMILES string of the molecule is O=C(c1cccc2[nH]ccc12)C1(Cc2ccccc2)CCNC1. The lowest BCUT2D eigenvalue weighted by Crippen LogP contribution is -2.36. The second-order valence-corrected chi connectivity index (χ2v) is 6.44. The van der Waals surface area contributed by atoms with Crippen LogP contribution in [0.5, 0.6) is 0 Å².